The van der Waals surface area contributed by atoms with Gasteiger partial charge in [-0.25, -0.2) is 5.01 Å². The molecule has 2 unspecified atom stereocenters. The Balaban J connectivity index is 1.54. The fraction of sp³-hybridized carbons (Fsp3) is 0.647. The third-order valence-corrected chi connectivity index (χ3v) is 5.18. The molecule has 3 heterocycles. The third kappa shape index (κ3) is 4.08. The number of morpholine rings is 2. The van der Waals surface area contributed by atoms with Crippen LogP contribution in [-0.2, 0) is 9.47 Å². The predicted molar refractivity (Wildman–Crippen MR) is 97.7 cm³/mol. The minimum atomic E-state index is -0.393. The van der Waals surface area contributed by atoms with Crippen molar-refractivity contribution in [3.8, 4) is 0 Å². The number of hydrogen-bond acceptors (Lipinski definition) is 9. The van der Waals surface area contributed by atoms with Gasteiger partial charge >= 0.3 is 0 Å². The molecular weight excluding hydrogens is 352 g/mol. The maximum atomic E-state index is 10.9. The Hall–Kier alpha value is -2.14. The fourth-order valence-electron chi connectivity index (χ4n) is 3.75. The van der Waals surface area contributed by atoms with Gasteiger partial charge in [0.15, 0.2) is 0 Å². The summed E-state index contributed by atoms with van der Waals surface area (Å²) in [6, 6.07) is 6.51. The maximum Gasteiger partial charge on any atom is 0.269 e. The maximum absolute atomic E-state index is 10.9. The van der Waals surface area contributed by atoms with Crippen LogP contribution in [-0.4, -0.2) is 86.1 Å². The van der Waals surface area contributed by atoms with Crippen LogP contribution in [0.5, 0.6) is 0 Å². The number of nitro groups is 1. The van der Waals surface area contributed by atoms with Crippen molar-refractivity contribution < 1.29 is 14.4 Å². The van der Waals surface area contributed by atoms with Gasteiger partial charge in [0.25, 0.3) is 5.69 Å². The lowest BCUT2D eigenvalue weighted by Gasteiger charge is -2.39. The molecule has 1 aromatic carbocycles. The van der Waals surface area contributed by atoms with Crippen LogP contribution < -0.4 is 5.01 Å². The first-order valence-corrected chi connectivity index (χ1v) is 9.29. The van der Waals surface area contributed by atoms with Gasteiger partial charge in [-0.05, 0) is 12.1 Å². The molecule has 0 spiro atoms. The number of anilines is 1. The second kappa shape index (κ2) is 8.26. The number of nitro benzene ring substituents is 1. The van der Waals surface area contributed by atoms with Crippen molar-refractivity contribution in [2.24, 2.45) is 10.3 Å². The highest BCUT2D eigenvalue weighted by atomic mass is 16.6. The van der Waals surface area contributed by atoms with Gasteiger partial charge < -0.3 is 9.47 Å². The summed E-state index contributed by atoms with van der Waals surface area (Å²) >= 11 is 0. The lowest BCUT2D eigenvalue weighted by molar-refractivity contribution is -0.384. The first kappa shape index (κ1) is 18.2. The summed E-state index contributed by atoms with van der Waals surface area (Å²) in [4.78, 5) is 15.2. The SMILES string of the molecule is O=[N+]([O-])c1ccc(N2N=NC(CN3CCOCC3)C2N2CCOCC2)cc1. The van der Waals surface area contributed by atoms with E-state index in [0.29, 0.717) is 13.2 Å². The topological polar surface area (TPSA) is 96.0 Å². The van der Waals surface area contributed by atoms with Crippen molar-refractivity contribution in [3.63, 3.8) is 0 Å². The Morgan fingerprint density at radius 3 is 2.30 bits per heavy atom. The van der Waals surface area contributed by atoms with Gasteiger partial charge in [-0.15, -0.1) is 0 Å². The van der Waals surface area contributed by atoms with E-state index in [1.165, 1.54) is 12.1 Å². The second-order valence-electron chi connectivity index (χ2n) is 6.87. The minimum absolute atomic E-state index is 0.0105. The van der Waals surface area contributed by atoms with E-state index in [-0.39, 0.29) is 17.9 Å². The molecular formula is C17H24N6O4. The number of ether oxygens (including phenoxy) is 2. The highest BCUT2D eigenvalue weighted by Crippen LogP contribution is 2.30. The third-order valence-electron chi connectivity index (χ3n) is 5.18. The van der Waals surface area contributed by atoms with E-state index < -0.39 is 4.92 Å². The van der Waals surface area contributed by atoms with Crippen molar-refractivity contribution in [1.29, 1.82) is 0 Å². The van der Waals surface area contributed by atoms with Crippen molar-refractivity contribution in [3.05, 3.63) is 34.4 Å². The molecule has 10 heteroatoms. The van der Waals surface area contributed by atoms with E-state index >= 15 is 0 Å². The zero-order chi connectivity index (χ0) is 18.6. The molecule has 0 aliphatic carbocycles. The molecule has 2 fully saturated rings. The second-order valence-corrected chi connectivity index (χ2v) is 6.87. The first-order chi connectivity index (χ1) is 13.2. The van der Waals surface area contributed by atoms with Crippen molar-refractivity contribution >= 4 is 11.4 Å². The lowest BCUT2D eigenvalue weighted by Crippen LogP contribution is -2.56. The van der Waals surface area contributed by atoms with Crippen LogP contribution in [0, 0.1) is 10.1 Å². The van der Waals surface area contributed by atoms with Crippen LogP contribution in [0.3, 0.4) is 0 Å². The zero-order valence-electron chi connectivity index (χ0n) is 15.1. The summed E-state index contributed by atoms with van der Waals surface area (Å²) in [5, 5.41) is 21.8. The Labute approximate surface area is 157 Å². The number of nitrogens with zero attached hydrogens (tertiary/aromatic N) is 6. The molecule has 0 saturated carbocycles. The number of non-ortho nitro benzene ring substituents is 1. The Morgan fingerprint density at radius 2 is 1.67 bits per heavy atom. The summed E-state index contributed by atoms with van der Waals surface area (Å²) in [6.45, 7) is 7.13. The minimum Gasteiger partial charge on any atom is -0.379 e. The van der Waals surface area contributed by atoms with Crippen molar-refractivity contribution in [1.82, 2.24) is 9.80 Å². The van der Waals surface area contributed by atoms with Gasteiger partial charge in [0.1, 0.15) is 12.2 Å². The van der Waals surface area contributed by atoms with Gasteiger partial charge in [-0.2, -0.15) is 5.11 Å². The molecule has 4 rings (SSSR count). The van der Waals surface area contributed by atoms with Gasteiger partial charge in [0.2, 0.25) is 0 Å². The monoisotopic (exact) mass is 376 g/mol. The van der Waals surface area contributed by atoms with Crippen LogP contribution in [0.25, 0.3) is 0 Å². The van der Waals surface area contributed by atoms with E-state index in [0.717, 1.165) is 51.6 Å². The van der Waals surface area contributed by atoms with Crippen molar-refractivity contribution in [2.75, 3.05) is 64.2 Å². The Morgan fingerprint density at radius 1 is 1.04 bits per heavy atom. The molecule has 27 heavy (non-hydrogen) atoms. The Bertz CT molecular complexity index is 673. The van der Waals surface area contributed by atoms with Gasteiger partial charge in [-0.3, -0.25) is 19.9 Å². The molecule has 0 N–H and O–H groups in total. The molecule has 1 aromatic rings. The fourth-order valence-corrected chi connectivity index (χ4v) is 3.75. The van der Waals surface area contributed by atoms with E-state index in [1.54, 1.807) is 12.1 Å². The first-order valence-electron chi connectivity index (χ1n) is 9.29. The summed E-state index contributed by atoms with van der Waals surface area (Å²) in [6.07, 6.45) is -0.0156. The lowest BCUT2D eigenvalue weighted by atomic mass is 10.1. The molecule has 2 saturated heterocycles. The molecule has 0 radical (unpaired) electrons. The quantitative estimate of drug-likeness (QED) is 0.562. The van der Waals surface area contributed by atoms with Crippen molar-refractivity contribution in [2.45, 2.75) is 12.2 Å². The van der Waals surface area contributed by atoms with Crippen LogP contribution in [0.1, 0.15) is 0 Å². The Kier molecular flexibility index (Phi) is 5.58. The summed E-state index contributed by atoms with van der Waals surface area (Å²) < 4.78 is 10.9. The van der Waals surface area contributed by atoms with E-state index in [2.05, 4.69) is 20.1 Å². The van der Waals surface area contributed by atoms with Gasteiger partial charge in [-0.1, -0.05) is 5.22 Å². The van der Waals surface area contributed by atoms with Crippen LogP contribution in [0.2, 0.25) is 0 Å². The standard InChI is InChI=1S/C17H24N6O4/c24-23(25)15-3-1-14(2-4-15)22-17(21-7-11-27-12-8-21)16(18-19-22)13-20-5-9-26-10-6-20/h1-4,16-17H,5-13H2. The largest absolute Gasteiger partial charge is 0.379 e. The molecule has 10 nitrogen and oxygen atoms in total. The highest BCUT2D eigenvalue weighted by Gasteiger charge is 2.40. The molecule has 0 amide bonds. The predicted octanol–water partition coefficient (Wildman–Crippen LogP) is 1.14. The van der Waals surface area contributed by atoms with E-state index in [1.807, 2.05) is 5.01 Å². The molecule has 2 atom stereocenters. The number of benzene rings is 1. The van der Waals surface area contributed by atoms with Crippen LogP contribution in [0.4, 0.5) is 11.4 Å². The highest BCUT2D eigenvalue weighted by molar-refractivity contribution is 5.51. The number of hydrogen-bond donors (Lipinski definition) is 0. The zero-order valence-corrected chi connectivity index (χ0v) is 15.1. The molecule has 0 aromatic heterocycles. The summed E-state index contributed by atoms with van der Waals surface area (Å²) in [5.41, 5.74) is 0.882. The van der Waals surface area contributed by atoms with E-state index in [4.69, 9.17) is 9.47 Å². The van der Waals surface area contributed by atoms with Crippen LogP contribution in [0.15, 0.2) is 34.6 Å². The molecule has 146 valence electrons. The normalized spacial score (nSPS) is 27.2. The molecule has 3 aliphatic heterocycles. The van der Waals surface area contributed by atoms with Gasteiger partial charge in [0.05, 0.1) is 37.0 Å². The smallest absolute Gasteiger partial charge is 0.269 e. The summed E-state index contributed by atoms with van der Waals surface area (Å²) in [7, 11) is 0. The molecule has 0 bridgehead atoms. The summed E-state index contributed by atoms with van der Waals surface area (Å²) in [5.74, 6) is 0. The van der Waals surface area contributed by atoms with E-state index in [9.17, 15) is 10.1 Å². The van der Waals surface area contributed by atoms with Gasteiger partial charge in [0, 0.05) is 44.9 Å². The average molecular weight is 376 g/mol. The number of rotatable bonds is 5. The van der Waals surface area contributed by atoms with Crippen LogP contribution >= 0.6 is 0 Å². The molecule has 3 aliphatic rings. The average Bonchev–Trinajstić information content (AvgIpc) is 3.13.